The number of nitrogens with zero attached hydrogens (tertiary/aromatic N) is 1. The number of nitrogens with two attached hydrogens (primary N) is 1. The maximum atomic E-state index is 5.41. The molecule has 0 aromatic carbocycles. The average molecular weight is 200 g/mol. The molecule has 3 nitrogen and oxygen atoms in total. The van der Waals surface area contributed by atoms with E-state index in [1.54, 1.807) is 7.11 Å². The number of methoxy groups -OCH3 is 1. The molecule has 3 heteroatoms. The Kier molecular flexibility index (Phi) is 11.2. The standard InChI is InChI=1S/C8H15NO.C3H9N/c1-4-8(10-3)6-5-7(2)9;1-4(2)3/h5-6H,4,9H2,1-3H3;1-3H3/b7-5+,8-6+;. The summed E-state index contributed by atoms with van der Waals surface area (Å²) in [4.78, 5) is 2.00. The lowest BCUT2D eigenvalue weighted by Gasteiger charge is -1.99. The molecule has 0 radical (unpaired) electrons. The lowest BCUT2D eigenvalue weighted by atomic mass is 10.3. The predicted octanol–water partition coefficient (Wildman–Crippen LogP) is 1.97. The highest BCUT2D eigenvalue weighted by atomic mass is 16.5. The van der Waals surface area contributed by atoms with E-state index in [0.29, 0.717) is 0 Å². The fourth-order valence-electron chi connectivity index (χ4n) is 0.555. The van der Waals surface area contributed by atoms with E-state index < -0.39 is 0 Å². The van der Waals surface area contributed by atoms with Crippen molar-refractivity contribution in [1.29, 1.82) is 0 Å². The maximum Gasteiger partial charge on any atom is 0.0953 e. The van der Waals surface area contributed by atoms with E-state index >= 15 is 0 Å². The van der Waals surface area contributed by atoms with Crippen LogP contribution in [0.4, 0.5) is 0 Å². The van der Waals surface area contributed by atoms with Gasteiger partial charge in [-0.25, -0.2) is 0 Å². The minimum atomic E-state index is 0.794. The van der Waals surface area contributed by atoms with Gasteiger partial charge in [-0.05, 0) is 40.2 Å². The summed E-state index contributed by atoms with van der Waals surface area (Å²) in [5, 5.41) is 0. The molecule has 0 aromatic rings. The van der Waals surface area contributed by atoms with Crippen LogP contribution in [0.2, 0.25) is 0 Å². The van der Waals surface area contributed by atoms with Crippen molar-refractivity contribution in [3.05, 3.63) is 23.6 Å². The predicted molar refractivity (Wildman–Crippen MR) is 62.9 cm³/mol. The van der Waals surface area contributed by atoms with Crippen molar-refractivity contribution in [1.82, 2.24) is 4.90 Å². The molecule has 0 aliphatic heterocycles. The summed E-state index contributed by atoms with van der Waals surface area (Å²) in [6.07, 6.45) is 4.62. The molecule has 2 N–H and O–H groups in total. The summed E-state index contributed by atoms with van der Waals surface area (Å²) in [6, 6.07) is 0. The maximum absolute atomic E-state index is 5.41. The second kappa shape index (κ2) is 10.1. The third-order valence-electron chi connectivity index (χ3n) is 1.14. The van der Waals surface area contributed by atoms with Crippen molar-refractivity contribution in [2.24, 2.45) is 5.73 Å². The second-order valence-electron chi connectivity index (χ2n) is 3.44. The molecule has 0 aliphatic carbocycles. The normalized spacial score (nSPS) is 12.2. The Morgan fingerprint density at radius 2 is 1.71 bits per heavy atom. The first kappa shape index (κ1) is 15.5. The lowest BCUT2D eigenvalue weighted by molar-refractivity contribution is 0.281. The Bertz CT molecular complexity index is 171. The molecule has 0 amide bonds. The Morgan fingerprint density at radius 3 is 1.93 bits per heavy atom. The van der Waals surface area contributed by atoms with Crippen LogP contribution in [-0.4, -0.2) is 33.2 Å². The van der Waals surface area contributed by atoms with Gasteiger partial charge in [-0.1, -0.05) is 6.92 Å². The largest absolute Gasteiger partial charge is 0.501 e. The average Bonchev–Trinajstić information content (AvgIpc) is 2.04. The zero-order valence-corrected chi connectivity index (χ0v) is 10.3. The monoisotopic (exact) mass is 200 g/mol. The molecule has 0 aliphatic rings. The van der Waals surface area contributed by atoms with Crippen LogP contribution >= 0.6 is 0 Å². The number of ether oxygens (including phenoxy) is 1. The number of hydrogen-bond donors (Lipinski definition) is 1. The molecular formula is C11H24N2O. The van der Waals surface area contributed by atoms with Gasteiger partial charge in [0, 0.05) is 12.1 Å². The van der Waals surface area contributed by atoms with Gasteiger partial charge in [0.25, 0.3) is 0 Å². The molecule has 0 saturated heterocycles. The van der Waals surface area contributed by atoms with Crippen molar-refractivity contribution >= 4 is 0 Å². The Hall–Kier alpha value is -0.960. The summed E-state index contributed by atoms with van der Waals surface area (Å²) >= 11 is 0. The van der Waals surface area contributed by atoms with Gasteiger partial charge in [0.05, 0.1) is 12.9 Å². The van der Waals surface area contributed by atoms with Gasteiger partial charge < -0.3 is 15.4 Å². The van der Waals surface area contributed by atoms with E-state index in [-0.39, 0.29) is 0 Å². The summed E-state index contributed by atoms with van der Waals surface area (Å²) in [7, 11) is 7.66. The molecular weight excluding hydrogens is 176 g/mol. The van der Waals surface area contributed by atoms with Crippen LogP contribution in [0.25, 0.3) is 0 Å². The first-order chi connectivity index (χ1) is 6.43. The third-order valence-corrected chi connectivity index (χ3v) is 1.14. The molecule has 0 unspecified atom stereocenters. The van der Waals surface area contributed by atoms with E-state index in [4.69, 9.17) is 10.5 Å². The van der Waals surface area contributed by atoms with Gasteiger partial charge in [0.2, 0.25) is 0 Å². The summed E-state index contributed by atoms with van der Waals surface area (Å²) in [5.74, 6) is 0.949. The molecule has 0 fully saturated rings. The van der Waals surface area contributed by atoms with Gasteiger partial charge in [-0.3, -0.25) is 0 Å². The van der Waals surface area contributed by atoms with Crippen LogP contribution < -0.4 is 5.73 Å². The zero-order chi connectivity index (χ0) is 11.6. The lowest BCUT2D eigenvalue weighted by Crippen LogP contribution is -1.99. The highest BCUT2D eigenvalue weighted by molar-refractivity contribution is 5.10. The Morgan fingerprint density at radius 1 is 1.29 bits per heavy atom. The Labute approximate surface area is 88.2 Å². The molecule has 14 heavy (non-hydrogen) atoms. The summed E-state index contributed by atoms with van der Waals surface area (Å²) < 4.78 is 5.01. The fraction of sp³-hybridized carbons (Fsp3) is 0.636. The van der Waals surface area contributed by atoms with Crippen molar-refractivity contribution in [2.75, 3.05) is 28.3 Å². The second-order valence-corrected chi connectivity index (χ2v) is 3.44. The molecule has 0 aromatic heterocycles. The van der Waals surface area contributed by atoms with E-state index in [0.717, 1.165) is 17.9 Å². The van der Waals surface area contributed by atoms with Crippen LogP contribution in [-0.2, 0) is 4.74 Å². The van der Waals surface area contributed by atoms with E-state index in [1.165, 1.54) is 0 Å². The summed E-state index contributed by atoms with van der Waals surface area (Å²) in [5.41, 5.74) is 6.21. The minimum absolute atomic E-state index is 0.794. The number of hydrogen-bond acceptors (Lipinski definition) is 3. The molecule has 0 saturated carbocycles. The van der Waals surface area contributed by atoms with Crippen molar-refractivity contribution in [2.45, 2.75) is 20.3 Å². The first-order valence-electron chi connectivity index (χ1n) is 4.71. The van der Waals surface area contributed by atoms with Crippen LogP contribution in [0, 0.1) is 0 Å². The number of allylic oxidation sites excluding steroid dienone is 4. The highest BCUT2D eigenvalue weighted by Crippen LogP contribution is 2.00. The SMILES string of the molecule is CC/C(=C\C=C(/C)N)OC.CN(C)C. The molecule has 0 spiro atoms. The zero-order valence-electron chi connectivity index (χ0n) is 10.3. The fourth-order valence-corrected chi connectivity index (χ4v) is 0.555. The molecule has 0 atom stereocenters. The molecule has 84 valence electrons. The summed E-state index contributed by atoms with van der Waals surface area (Å²) in [6.45, 7) is 3.88. The van der Waals surface area contributed by atoms with Crippen LogP contribution in [0.5, 0.6) is 0 Å². The van der Waals surface area contributed by atoms with Crippen LogP contribution in [0.1, 0.15) is 20.3 Å². The topological polar surface area (TPSA) is 38.5 Å². The number of rotatable bonds is 3. The third kappa shape index (κ3) is 17.2. The Balaban J connectivity index is 0. The van der Waals surface area contributed by atoms with E-state index in [1.807, 2.05) is 52.0 Å². The van der Waals surface area contributed by atoms with E-state index in [9.17, 15) is 0 Å². The van der Waals surface area contributed by atoms with Gasteiger partial charge in [0.1, 0.15) is 0 Å². The van der Waals surface area contributed by atoms with E-state index in [2.05, 4.69) is 0 Å². The van der Waals surface area contributed by atoms with Gasteiger partial charge in [0.15, 0.2) is 0 Å². The quantitative estimate of drug-likeness (QED) is 0.559. The van der Waals surface area contributed by atoms with Crippen molar-refractivity contribution in [3.63, 3.8) is 0 Å². The first-order valence-corrected chi connectivity index (χ1v) is 4.71. The van der Waals surface area contributed by atoms with Gasteiger partial charge in [-0.2, -0.15) is 0 Å². The van der Waals surface area contributed by atoms with Crippen LogP contribution in [0.3, 0.4) is 0 Å². The molecule has 0 heterocycles. The van der Waals surface area contributed by atoms with Crippen LogP contribution in [0.15, 0.2) is 23.6 Å². The van der Waals surface area contributed by atoms with Crippen molar-refractivity contribution in [3.8, 4) is 0 Å². The van der Waals surface area contributed by atoms with Gasteiger partial charge in [-0.15, -0.1) is 0 Å². The molecule has 0 rings (SSSR count). The molecule has 0 bridgehead atoms. The minimum Gasteiger partial charge on any atom is -0.501 e. The highest BCUT2D eigenvalue weighted by Gasteiger charge is 1.86. The smallest absolute Gasteiger partial charge is 0.0953 e. The van der Waals surface area contributed by atoms with Crippen molar-refractivity contribution < 1.29 is 4.74 Å². The van der Waals surface area contributed by atoms with Gasteiger partial charge >= 0.3 is 0 Å².